The first-order chi connectivity index (χ1) is 20.1. The van der Waals surface area contributed by atoms with Gasteiger partial charge in [-0.1, -0.05) is 42.5 Å². The number of morpholine rings is 1. The smallest absolute Gasteiger partial charge is 0.220 e. The molecule has 0 bridgehead atoms. The first kappa shape index (κ1) is 26.8. The van der Waals surface area contributed by atoms with Crippen molar-refractivity contribution in [3.63, 3.8) is 0 Å². The van der Waals surface area contributed by atoms with Crippen LogP contribution in [0.3, 0.4) is 0 Å². The minimum Gasteiger partial charge on any atom is -0.378 e. The van der Waals surface area contributed by atoms with Gasteiger partial charge in [-0.25, -0.2) is 9.97 Å². The van der Waals surface area contributed by atoms with Gasteiger partial charge in [0.05, 0.1) is 35.1 Å². The van der Waals surface area contributed by atoms with E-state index in [1.165, 1.54) is 6.08 Å². The number of H-pyrrole nitrogens is 1. The lowest BCUT2D eigenvalue weighted by Crippen LogP contribution is -2.36. The van der Waals surface area contributed by atoms with Crippen LogP contribution < -0.4 is 10.2 Å². The standard InChI is InChI=1S/C31H30N6O3S/c1-2-4-22(38)11-12-28(39)32-18-20-7-9-21(10-8-20)27-17-26-29(41-27)31(37-13-15-40-16-14-37)35-30(34-26)23-5-3-6-25-24(23)19-33-36-25/h2-10,17,19H,11-16,18H2,1H3,(H,32,39)(H,33,36). The van der Waals surface area contributed by atoms with Crippen molar-refractivity contribution in [2.75, 3.05) is 31.2 Å². The van der Waals surface area contributed by atoms with Crippen molar-refractivity contribution in [3.8, 4) is 21.8 Å². The Balaban J connectivity index is 1.26. The molecule has 41 heavy (non-hydrogen) atoms. The number of allylic oxidation sites excluding steroid dienone is 2. The van der Waals surface area contributed by atoms with Crippen molar-refractivity contribution in [3.05, 3.63) is 72.4 Å². The van der Waals surface area contributed by atoms with Gasteiger partial charge in [-0.05, 0) is 36.3 Å². The number of nitrogens with one attached hydrogen (secondary N) is 2. The quantitative estimate of drug-likeness (QED) is 0.233. The maximum absolute atomic E-state index is 12.1. The van der Waals surface area contributed by atoms with Crippen LogP contribution in [-0.4, -0.2) is 58.2 Å². The number of amides is 1. The predicted octanol–water partition coefficient (Wildman–Crippen LogP) is 5.28. The Bertz CT molecular complexity index is 1730. The monoisotopic (exact) mass is 566 g/mol. The molecule has 2 N–H and O–H groups in total. The van der Waals surface area contributed by atoms with Crippen molar-refractivity contribution >= 4 is 50.0 Å². The molecule has 4 heterocycles. The molecular weight excluding hydrogens is 536 g/mol. The molecule has 0 spiro atoms. The molecule has 0 atom stereocenters. The van der Waals surface area contributed by atoms with Crippen LogP contribution in [0, 0.1) is 0 Å². The summed E-state index contributed by atoms with van der Waals surface area (Å²) in [5, 5.41) is 11.1. The molecule has 6 rings (SSSR count). The second kappa shape index (κ2) is 12.0. The van der Waals surface area contributed by atoms with Crippen molar-refractivity contribution in [2.24, 2.45) is 0 Å². The summed E-state index contributed by atoms with van der Waals surface area (Å²) in [6.45, 7) is 5.09. The molecule has 9 nitrogen and oxygen atoms in total. The summed E-state index contributed by atoms with van der Waals surface area (Å²) in [6, 6.07) is 16.3. The number of aromatic nitrogens is 4. The molecular formula is C31H30N6O3S. The third kappa shape index (κ3) is 5.89. The second-order valence-electron chi connectivity index (χ2n) is 9.87. The molecule has 2 aromatic carbocycles. The summed E-state index contributed by atoms with van der Waals surface area (Å²) in [5.74, 6) is 1.43. The van der Waals surface area contributed by atoms with Gasteiger partial charge in [-0.2, -0.15) is 5.10 Å². The molecule has 1 aliphatic heterocycles. The number of ketones is 1. The zero-order valence-electron chi connectivity index (χ0n) is 22.7. The number of anilines is 1. The van der Waals surface area contributed by atoms with Gasteiger partial charge in [-0.3, -0.25) is 14.7 Å². The lowest BCUT2D eigenvalue weighted by atomic mass is 10.1. The SMILES string of the molecule is CC=CC(=O)CCC(=O)NCc1ccc(-c2cc3nc(-c4cccc5[nH]ncc45)nc(N4CCOCC4)c3s2)cc1. The zero-order valence-corrected chi connectivity index (χ0v) is 23.5. The fourth-order valence-electron chi connectivity index (χ4n) is 4.91. The maximum Gasteiger partial charge on any atom is 0.220 e. The number of carbonyl (C=O) groups excluding carboxylic acids is 2. The molecule has 0 radical (unpaired) electrons. The van der Waals surface area contributed by atoms with E-state index in [-0.39, 0.29) is 24.5 Å². The van der Waals surface area contributed by atoms with Crippen LogP contribution in [0.5, 0.6) is 0 Å². The number of thiophene rings is 1. The summed E-state index contributed by atoms with van der Waals surface area (Å²) >= 11 is 1.68. The number of nitrogens with zero attached hydrogens (tertiary/aromatic N) is 4. The Morgan fingerprint density at radius 2 is 1.93 bits per heavy atom. The first-order valence-corrected chi connectivity index (χ1v) is 14.5. The summed E-state index contributed by atoms with van der Waals surface area (Å²) in [6.07, 6.45) is 5.41. The lowest BCUT2D eigenvalue weighted by molar-refractivity contribution is -0.124. The van der Waals surface area contributed by atoms with Gasteiger partial charge in [0, 0.05) is 48.3 Å². The lowest BCUT2D eigenvalue weighted by Gasteiger charge is -2.28. The van der Waals surface area contributed by atoms with Crippen molar-refractivity contribution in [1.82, 2.24) is 25.5 Å². The third-order valence-corrected chi connectivity index (χ3v) is 8.24. The number of hydrogen-bond donors (Lipinski definition) is 2. The van der Waals surface area contributed by atoms with Crippen LogP contribution in [0.4, 0.5) is 5.82 Å². The molecule has 10 heteroatoms. The van der Waals surface area contributed by atoms with Crippen LogP contribution in [0.2, 0.25) is 0 Å². The van der Waals surface area contributed by atoms with Crippen molar-refractivity contribution in [2.45, 2.75) is 26.3 Å². The molecule has 1 saturated heterocycles. The number of aromatic amines is 1. The fourth-order valence-corrected chi connectivity index (χ4v) is 6.03. The molecule has 0 aliphatic carbocycles. The van der Waals surface area contributed by atoms with E-state index in [9.17, 15) is 9.59 Å². The number of ether oxygens (including phenoxy) is 1. The van der Waals surface area contributed by atoms with Crippen LogP contribution in [0.1, 0.15) is 25.3 Å². The van der Waals surface area contributed by atoms with Gasteiger partial charge < -0.3 is 15.0 Å². The Labute approximate surface area is 241 Å². The Morgan fingerprint density at radius 3 is 2.73 bits per heavy atom. The van der Waals surface area contributed by atoms with E-state index < -0.39 is 0 Å². The van der Waals surface area contributed by atoms with Gasteiger partial charge in [-0.15, -0.1) is 11.3 Å². The van der Waals surface area contributed by atoms with Crippen molar-refractivity contribution < 1.29 is 14.3 Å². The summed E-state index contributed by atoms with van der Waals surface area (Å²) in [5.41, 5.74) is 4.86. The minimum atomic E-state index is -0.132. The van der Waals surface area contributed by atoms with Gasteiger partial charge in [0.2, 0.25) is 5.91 Å². The Kier molecular flexibility index (Phi) is 7.84. The van der Waals surface area contributed by atoms with E-state index in [0.717, 1.165) is 61.6 Å². The van der Waals surface area contributed by atoms with Crippen LogP contribution in [0.15, 0.2) is 66.9 Å². The second-order valence-corrected chi connectivity index (χ2v) is 10.9. The van der Waals surface area contributed by atoms with E-state index >= 15 is 0 Å². The molecule has 1 fully saturated rings. The van der Waals surface area contributed by atoms with Gasteiger partial charge >= 0.3 is 0 Å². The average Bonchev–Trinajstić information content (AvgIpc) is 3.67. The maximum atomic E-state index is 12.1. The van der Waals surface area contributed by atoms with Gasteiger partial charge in [0.1, 0.15) is 0 Å². The highest BCUT2D eigenvalue weighted by molar-refractivity contribution is 7.22. The fraction of sp³-hybridized carbons (Fsp3) is 0.258. The Hall–Kier alpha value is -4.41. The van der Waals surface area contributed by atoms with Gasteiger partial charge in [0.15, 0.2) is 17.4 Å². The molecule has 1 amide bonds. The van der Waals surface area contributed by atoms with Gasteiger partial charge in [0.25, 0.3) is 0 Å². The summed E-state index contributed by atoms with van der Waals surface area (Å²) in [4.78, 5) is 37.2. The summed E-state index contributed by atoms with van der Waals surface area (Å²) in [7, 11) is 0. The minimum absolute atomic E-state index is 0.0394. The summed E-state index contributed by atoms with van der Waals surface area (Å²) < 4.78 is 6.66. The molecule has 5 aromatic rings. The highest BCUT2D eigenvalue weighted by Gasteiger charge is 2.21. The average molecular weight is 567 g/mol. The van der Waals surface area contributed by atoms with Crippen LogP contribution in [-0.2, 0) is 20.9 Å². The first-order valence-electron chi connectivity index (χ1n) is 13.7. The van der Waals surface area contributed by atoms with E-state index in [1.807, 2.05) is 36.5 Å². The number of hydrogen-bond acceptors (Lipinski definition) is 8. The predicted molar refractivity (Wildman–Crippen MR) is 162 cm³/mol. The molecule has 208 valence electrons. The molecule has 0 saturated carbocycles. The van der Waals surface area contributed by atoms with E-state index in [4.69, 9.17) is 14.7 Å². The Morgan fingerprint density at radius 1 is 1.10 bits per heavy atom. The number of benzene rings is 2. The molecule has 1 aliphatic rings. The highest BCUT2D eigenvalue weighted by Crippen LogP contribution is 2.39. The van der Waals surface area contributed by atoms with E-state index in [2.05, 4.69) is 38.6 Å². The molecule has 0 unspecified atom stereocenters. The number of fused-ring (bicyclic) bond motifs is 2. The number of rotatable bonds is 9. The van der Waals surface area contributed by atoms with E-state index in [0.29, 0.717) is 25.6 Å². The normalized spacial score (nSPS) is 13.8. The third-order valence-electron chi connectivity index (χ3n) is 7.07. The highest BCUT2D eigenvalue weighted by atomic mass is 32.1. The van der Waals surface area contributed by atoms with E-state index in [1.54, 1.807) is 24.3 Å². The molecule has 3 aromatic heterocycles. The van der Waals surface area contributed by atoms with Crippen LogP contribution >= 0.6 is 11.3 Å². The number of carbonyl (C=O) groups is 2. The topological polar surface area (TPSA) is 113 Å². The largest absolute Gasteiger partial charge is 0.378 e. The zero-order chi connectivity index (χ0) is 28.2. The van der Waals surface area contributed by atoms with Crippen molar-refractivity contribution in [1.29, 1.82) is 0 Å². The van der Waals surface area contributed by atoms with Crippen LogP contribution in [0.25, 0.3) is 42.9 Å².